The van der Waals surface area contributed by atoms with E-state index in [1.807, 2.05) is 41.8 Å². The van der Waals surface area contributed by atoms with Crippen molar-refractivity contribution in [3.8, 4) is 11.8 Å². The summed E-state index contributed by atoms with van der Waals surface area (Å²) in [6.07, 6.45) is 2.05. The number of amides is 1. The molecule has 2 N–H and O–H groups in total. The van der Waals surface area contributed by atoms with Gasteiger partial charge in [0.25, 0.3) is 5.91 Å². The van der Waals surface area contributed by atoms with E-state index in [1.54, 1.807) is 6.07 Å². The van der Waals surface area contributed by atoms with Gasteiger partial charge in [-0.2, -0.15) is 5.26 Å². The van der Waals surface area contributed by atoms with Crippen LogP contribution in [0.1, 0.15) is 16.8 Å². The molecule has 0 bridgehead atoms. The predicted molar refractivity (Wildman–Crippen MR) is 114 cm³/mol. The minimum absolute atomic E-state index is 0.101. The summed E-state index contributed by atoms with van der Waals surface area (Å²) >= 11 is 10.4. The van der Waals surface area contributed by atoms with Crippen LogP contribution in [0.25, 0.3) is 6.08 Å². The van der Waals surface area contributed by atoms with Gasteiger partial charge in [0.05, 0.1) is 15.2 Å². The largest absolute Gasteiger partial charge is 0.505 e. The summed E-state index contributed by atoms with van der Waals surface area (Å²) in [4.78, 5) is 16.8. The second-order valence-corrected chi connectivity index (χ2v) is 7.88. The predicted octanol–water partition coefficient (Wildman–Crippen LogP) is 5.40. The minimum atomic E-state index is -0.566. The fourth-order valence-electron chi connectivity index (χ4n) is 2.40. The highest BCUT2D eigenvalue weighted by atomic mass is 79.9. The molecule has 0 saturated heterocycles. The zero-order chi connectivity index (χ0) is 20.1. The zero-order valence-corrected chi connectivity index (χ0v) is 17.5. The van der Waals surface area contributed by atoms with Crippen molar-refractivity contribution >= 4 is 56.0 Å². The summed E-state index contributed by atoms with van der Waals surface area (Å²) in [6.45, 7) is 0. The molecule has 5 nitrogen and oxygen atoms in total. The molecule has 8 heteroatoms. The average molecular weight is 475 g/mol. The molecular formula is C20H13BrClN3O2S. The number of phenolic OH excluding ortho intramolecular Hbond substituents is 1. The molecule has 1 amide bonds. The number of aromatic nitrogens is 1. The highest BCUT2D eigenvalue weighted by molar-refractivity contribution is 9.10. The molecule has 0 atom stereocenters. The third-order valence-corrected chi connectivity index (χ3v) is 5.41. The van der Waals surface area contributed by atoms with E-state index in [0.717, 1.165) is 11.3 Å². The molecule has 1 heterocycles. The zero-order valence-electron chi connectivity index (χ0n) is 14.3. The van der Waals surface area contributed by atoms with E-state index in [0.29, 0.717) is 21.6 Å². The molecule has 0 saturated carbocycles. The van der Waals surface area contributed by atoms with Crippen molar-refractivity contribution in [1.82, 2.24) is 4.98 Å². The SMILES string of the molecule is N#C/C(=C\c1cc(Cl)c(O)c(Br)c1)C(=O)Nc1nc(Cc2ccccc2)cs1. The van der Waals surface area contributed by atoms with Gasteiger partial charge in [0.1, 0.15) is 17.4 Å². The second-order valence-electron chi connectivity index (χ2n) is 5.76. The summed E-state index contributed by atoms with van der Waals surface area (Å²) in [5.41, 5.74) is 2.36. The fraction of sp³-hybridized carbons (Fsp3) is 0.0500. The van der Waals surface area contributed by atoms with Gasteiger partial charge in [-0.05, 0) is 45.3 Å². The number of carbonyl (C=O) groups excluding carboxylic acids is 1. The molecule has 0 fully saturated rings. The lowest BCUT2D eigenvalue weighted by atomic mass is 10.1. The lowest BCUT2D eigenvalue weighted by Crippen LogP contribution is -2.13. The number of thiazole rings is 1. The number of hydrogen-bond donors (Lipinski definition) is 2. The van der Waals surface area contributed by atoms with Crippen LogP contribution in [0.2, 0.25) is 5.02 Å². The molecule has 0 aliphatic carbocycles. The maximum atomic E-state index is 12.4. The van der Waals surface area contributed by atoms with Crippen LogP contribution in [-0.4, -0.2) is 16.0 Å². The van der Waals surface area contributed by atoms with Gasteiger partial charge in [0.2, 0.25) is 0 Å². The monoisotopic (exact) mass is 473 g/mol. The Bertz CT molecular complexity index is 1070. The lowest BCUT2D eigenvalue weighted by Gasteiger charge is -2.04. The van der Waals surface area contributed by atoms with Crippen LogP contribution >= 0.6 is 38.9 Å². The molecule has 3 aromatic rings. The third-order valence-electron chi connectivity index (χ3n) is 3.72. The van der Waals surface area contributed by atoms with E-state index in [9.17, 15) is 15.2 Å². The van der Waals surface area contributed by atoms with Crippen molar-refractivity contribution in [3.63, 3.8) is 0 Å². The number of halogens is 2. The van der Waals surface area contributed by atoms with Crippen LogP contribution in [0.4, 0.5) is 5.13 Å². The quantitative estimate of drug-likeness (QED) is 0.383. The van der Waals surface area contributed by atoms with E-state index < -0.39 is 5.91 Å². The van der Waals surface area contributed by atoms with Crippen molar-refractivity contribution in [1.29, 1.82) is 5.26 Å². The Morgan fingerprint density at radius 1 is 1.36 bits per heavy atom. The molecule has 0 aliphatic rings. The van der Waals surface area contributed by atoms with Crippen molar-refractivity contribution in [3.05, 3.63) is 79.7 Å². The van der Waals surface area contributed by atoms with E-state index >= 15 is 0 Å². The normalized spacial score (nSPS) is 11.1. The van der Waals surface area contributed by atoms with Crippen LogP contribution in [0, 0.1) is 11.3 Å². The number of nitrogens with zero attached hydrogens (tertiary/aromatic N) is 2. The summed E-state index contributed by atoms with van der Waals surface area (Å²) in [5.74, 6) is -0.668. The van der Waals surface area contributed by atoms with Gasteiger partial charge in [0.15, 0.2) is 5.13 Å². The number of rotatable bonds is 5. The topological polar surface area (TPSA) is 86.0 Å². The number of nitrogens with one attached hydrogen (secondary N) is 1. The molecule has 0 aliphatic heterocycles. The van der Waals surface area contributed by atoms with Crippen molar-refractivity contribution < 1.29 is 9.90 Å². The number of benzene rings is 2. The maximum absolute atomic E-state index is 12.4. The second kappa shape index (κ2) is 9.02. The van der Waals surface area contributed by atoms with Gasteiger partial charge >= 0.3 is 0 Å². The summed E-state index contributed by atoms with van der Waals surface area (Å²) in [6, 6.07) is 14.8. The van der Waals surface area contributed by atoms with E-state index in [4.69, 9.17) is 11.6 Å². The van der Waals surface area contributed by atoms with Crippen LogP contribution in [0.5, 0.6) is 5.75 Å². The number of nitriles is 1. The number of carbonyl (C=O) groups is 1. The third kappa shape index (κ3) is 4.98. The van der Waals surface area contributed by atoms with Crippen molar-refractivity contribution in [2.75, 3.05) is 5.32 Å². The molecule has 0 unspecified atom stereocenters. The highest BCUT2D eigenvalue weighted by Crippen LogP contribution is 2.33. The molecule has 1 aromatic heterocycles. The Labute approximate surface area is 179 Å². The van der Waals surface area contributed by atoms with Gasteiger partial charge in [-0.25, -0.2) is 4.98 Å². The lowest BCUT2D eigenvalue weighted by molar-refractivity contribution is -0.112. The van der Waals surface area contributed by atoms with Gasteiger partial charge in [0, 0.05) is 11.8 Å². The maximum Gasteiger partial charge on any atom is 0.268 e. The Morgan fingerprint density at radius 2 is 2.11 bits per heavy atom. The van der Waals surface area contributed by atoms with E-state index in [2.05, 4.69) is 26.2 Å². The number of phenols is 1. The van der Waals surface area contributed by atoms with Gasteiger partial charge in [-0.3, -0.25) is 10.1 Å². The molecule has 140 valence electrons. The first-order valence-electron chi connectivity index (χ1n) is 8.05. The molecule has 0 spiro atoms. The van der Waals surface area contributed by atoms with Crippen molar-refractivity contribution in [2.24, 2.45) is 0 Å². The summed E-state index contributed by atoms with van der Waals surface area (Å²) in [7, 11) is 0. The van der Waals surface area contributed by atoms with Crippen LogP contribution in [0.15, 0.2) is 57.9 Å². The van der Waals surface area contributed by atoms with Gasteiger partial charge in [-0.1, -0.05) is 41.9 Å². The Kier molecular flexibility index (Phi) is 6.47. The number of anilines is 1. The van der Waals surface area contributed by atoms with E-state index in [1.165, 1.54) is 23.5 Å². The molecule has 2 aromatic carbocycles. The van der Waals surface area contributed by atoms with Gasteiger partial charge < -0.3 is 5.11 Å². The Hall–Kier alpha value is -2.66. The van der Waals surface area contributed by atoms with E-state index in [-0.39, 0.29) is 16.3 Å². The fourth-order valence-corrected chi connectivity index (χ4v) is 3.92. The molecule has 0 radical (unpaired) electrons. The first kappa shape index (κ1) is 20.1. The molecule has 28 heavy (non-hydrogen) atoms. The first-order valence-corrected chi connectivity index (χ1v) is 10.1. The Morgan fingerprint density at radius 3 is 2.79 bits per heavy atom. The van der Waals surface area contributed by atoms with Crippen LogP contribution < -0.4 is 5.32 Å². The van der Waals surface area contributed by atoms with Gasteiger partial charge in [-0.15, -0.1) is 11.3 Å². The Balaban J connectivity index is 1.73. The van der Waals surface area contributed by atoms with Crippen LogP contribution in [0.3, 0.4) is 0 Å². The highest BCUT2D eigenvalue weighted by Gasteiger charge is 2.13. The molecular weight excluding hydrogens is 462 g/mol. The average Bonchev–Trinajstić information content (AvgIpc) is 3.11. The van der Waals surface area contributed by atoms with Crippen LogP contribution in [-0.2, 0) is 11.2 Å². The first-order chi connectivity index (χ1) is 13.5. The standard InChI is InChI=1S/C20H13BrClN3O2S/c21-16-8-13(9-17(22)18(16)26)6-14(10-23)19(27)25-20-24-15(11-28-20)7-12-4-2-1-3-5-12/h1-6,8-9,11,26H,7H2,(H,24,25,27)/b14-6+. The number of hydrogen-bond acceptors (Lipinski definition) is 5. The molecule has 3 rings (SSSR count). The summed E-state index contributed by atoms with van der Waals surface area (Å²) < 4.78 is 0.370. The smallest absolute Gasteiger partial charge is 0.268 e. The number of aromatic hydroxyl groups is 1. The summed E-state index contributed by atoms with van der Waals surface area (Å²) in [5, 5.41) is 24.1. The van der Waals surface area contributed by atoms with Crippen molar-refractivity contribution in [2.45, 2.75) is 6.42 Å². The minimum Gasteiger partial charge on any atom is -0.505 e.